The highest BCUT2D eigenvalue weighted by Crippen LogP contribution is 2.25. The average Bonchev–Trinajstić information content (AvgIpc) is 2.28. The molecule has 0 aliphatic carbocycles. The van der Waals surface area contributed by atoms with Crippen LogP contribution < -0.4 is 5.73 Å². The molecule has 0 amide bonds. The summed E-state index contributed by atoms with van der Waals surface area (Å²) in [5, 5.41) is 0. The minimum Gasteiger partial charge on any atom is -0.461 e. The molecule has 2 N–H and O–H groups in total. The Morgan fingerprint density at radius 1 is 1.59 bits per heavy atom. The van der Waals surface area contributed by atoms with E-state index in [1.165, 1.54) is 13.0 Å². The van der Waals surface area contributed by atoms with Gasteiger partial charge in [-0.15, -0.1) is 0 Å². The summed E-state index contributed by atoms with van der Waals surface area (Å²) in [5.74, 6) is -0.724. The van der Waals surface area contributed by atoms with Crippen LogP contribution in [0.5, 0.6) is 0 Å². The van der Waals surface area contributed by atoms with Gasteiger partial charge in [0.15, 0.2) is 5.69 Å². The van der Waals surface area contributed by atoms with Crippen LogP contribution in [-0.4, -0.2) is 17.6 Å². The summed E-state index contributed by atoms with van der Waals surface area (Å²) >= 11 is 0. The van der Waals surface area contributed by atoms with Crippen molar-refractivity contribution >= 4 is 5.97 Å². The van der Waals surface area contributed by atoms with E-state index in [1.54, 1.807) is 6.92 Å². The van der Waals surface area contributed by atoms with Crippen molar-refractivity contribution in [2.75, 3.05) is 6.61 Å². The fourth-order valence-corrected chi connectivity index (χ4v) is 1.50. The van der Waals surface area contributed by atoms with Gasteiger partial charge in [-0.25, -0.2) is 18.6 Å². The highest BCUT2D eigenvalue weighted by molar-refractivity contribution is 5.89. The van der Waals surface area contributed by atoms with Crippen molar-refractivity contribution in [3.05, 3.63) is 28.6 Å². The molecule has 4 nitrogen and oxygen atoms in total. The van der Waals surface area contributed by atoms with E-state index in [1.807, 2.05) is 0 Å². The smallest absolute Gasteiger partial charge is 0.357 e. The first-order valence-corrected chi connectivity index (χ1v) is 5.17. The predicted molar refractivity (Wildman–Crippen MR) is 57.8 cm³/mol. The molecule has 1 heterocycles. The molecule has 0 radical (unpaired) electrons. The lowest BCUT2D eigenvalue weighted by Crippen LogP contribution is -2.16. The Labute approximate surface area is 97.8 Å². The van der Waals surface area contributed by atoms with Crippen LogP contribution in [0.15, 0.2) is 6.07 Å². The highest BCUT2D eigenvalue weighted by Gasteiger charge is 2.22. The van der Waals surface area contributed by atoms with Crippen LogP contribution in [0.25, 0.3) is 0 Å². The van der Waals surface area contributed by atoms with E-state index in [2.05, 4.69) is 4.98 Å². The van der Waals surface area contributed by atoms with Gasteiger partial charge in [-0.05, 0) is 19.9 Å². The first-order valence-electron chi connectivity index (χ1n) is 5.17. The fourth-order valence-electron chi connectivity index (χ4n) is 1.50. The zero-order chi connectivity index (χ0) is 13.0. The molecule has 0 atom stereocenters. The monoisotopic (exact) mass is 244 g/mol. The SMILES string of the molecule is CCOC(=O)c1nc(C)cc(C(F)F)c1CN. The number of alkyl halides is 2. The number of halogens is 2. The number of rotatable bonds is 4. The Morgan fingerprint density at radius 3 is 2.71 bits per heavy atom. The van der Waals surface area contributed by atoms with Crippen LogP contribution in [-0.2, 0) is 11.3 Å². The number of hydrogen-bond acceptors (Lipinski definition) is 4. The summed E-state index contributed by atoms with van der Waals surface area (Å²) in [6.07, 6.45) is -2.69. The summed E-state index contributed by atoms with van der Waals surface area (Å²) in [5.41, 5.74) is 5.39. The molecule has 0 spiro atoms. The van der Waals surface area contributed by atoms with Gasteiger partial charge in [0.05, 0.1) is 6.61 Å². The molecule has 0 fully saturated rings. The summed E-state index contributed by atoms with van der Waals surface area (Å²) in [6.45, 7) is 3.14. The molecular formula is C11H14F2N2O2. The normalized spacial score (nSPS) is 10.7. The molecule has 0 unspecified atom stereocenters. The Kier molecular flexibility index (Phi) is 4.51. The van der Waals surface area contributed by atoms with Gasteiger partial charge in [0.2, 0.25) is 0 Å². The van der Waals surface area contributed by atoms with E-state index < -0.39 is 12.4 Å². The molecule has 0 saturated carbocycles. The van der Waals surface area contributed by atoms with Crippen molar-refractivity contribution in [1.29, 1.82) is 0 Å². The zero-order valence-corrected chi connectivity index (χ0v) is 9.67. The molecule has 0 saturated heterocycles. The summed E-state index contributed by atoms with van der Waals surface area (Å²) < 4.78 is 30.3. The lowest BCUT2D eigenvalue weighted by molar-refractivity contribution is 0.0517. The van der Waals surface area contributed by atoms with Crippen LogP contribution in [0.2, 0.25) is 0 Å². The average molecular weight is 244 g/mol. The molecule has 1 rings (SSSR count). The van der Waals surface area contributed by atoms with Gasteiger partial charge in [0.25, 0.3) is 6.43 Å². The van der Waals surface area contributed by atoms with Crippen LogP contribution in [0.3, 0.4) is 0 Å². The fraction of sp³-hybridized carbons (Fsp3) is 0.455. The first-order chi connectivity index (χ1) is 8.01. The Hall–Kier alpha value is -1.56. The molecule has 94 valence electrons. The second-order valence-electron chi connectivity index (χ2n) is 3.41. The van der Waals surface area contributed by atoms with Crippen molar-refractivity contribution in [3.8, 4) is 0 Å². The molecular weight excluding hydrogens is 230 g/mol. The highest BCUT2D eigenvalue weighted by atomic mass is 19.3. The van der Waals surface area contributed by atoms with Crippen molar-refractivity contribution in [3.63, 3.8) is 0 Å². The van der Waals surface area contributed by atoms with Crippen LogP contribution >= 0.6 is 0 Å². The van der Waals surface area contributed by atoms with Crippen molar-refractivity contribution in [2.24, 2.45) is 5.73 Å². The molecule has 0 bridgehead atoms. The molecule has 6 heteroatoms. The third kappa shape index (κ3) is 2.97. The number of ether oxygens (including phenoxy) is 1. The molecule has 0 aromatic carbocycles. The third-order valence-electron chi connectivity index (χ3n) is 2.19. The lowest BCUT2D eigenvalue weighted by Gasteiger charge is -2.12. The number of nitrogens with zero attached hydrogens (tertiary/aromatic N) is 1. The van der Waals surface area contributed by atoms with E-state index in [9.17, 15) is 13.6 Å². The second-order valence-corrected chi connectivity index (χ2v) is 3.41. The number of hydrogen-bond donors (Lipinski definition) is 1. The summed E-state index contributed by atoms with van der Waals surface area (Å²) in [4.78, 5) is 15.5. The van der Waals surface area contributed by atoms with E-state index in [0.29, 0.717) is 5.69 Å². The molecule has 17 heavy (non-hydrogen) atoms. The van der Waals surface area contributed by atoms with Gasteiger partial charge in [-0.2, -0.15) is 0 Å². The number of aromatic nitrogens is 1. The maximum absolute atomic E-state index is 12.8. The van der Waals surface area contributed by atoms with Gasteiger partial charge < -0.3 is 10.5 Å². The predicted octanol–water partition coefficient (Wildman–Crippen LogP) is 1.96. The Bertz CT molecular complexity index is 422. The minimum absolute atomic E-state index is 0.0454. The minimum atomic E-state index is -2.69. The maximum atomic E-state index is 12.8. The van der Waals surface area contributed by atoms with Gasteiger partial charge in [0.1, 0.15) is 0 Å². The zero-order valence-electron chi connectivity index (χ0n) is 9.67. The lowest BCUT2D eigenvalue weighted by atomic mass is 10.1. The van der Waals surface area contributed by atoms with Gasteiger partial charge in [-0.1, -0.05) is 0 Å². The summed E-state index contributed by atoms with van der Waals surface area (Å²) in [7, 11) is 0. The summed E-state index contributed by atoms with van der Waals surface area (Å²) in [6, 6.07) is 1.23. The van der Waals surface area contributed by atoms with E-state index >= 15 is 0 Å². The van der Waals surface area contributed by atoms with Gasteiger partial charge >= 0.3 is 5.97 Å². The molecule has 0 aliphatic rings. The van der Waals surface area contributed by atoms with Crippen molar-refractivity contribution in [1.82, 2.24) is 4.98 Å². The number of carbonyl (C=O) groups excluding carboxylic acids is 1. The maximum Gasteiger partial charge on any atom is 0.357 e. The number of pyridine rings is 1. The largest absolute Gasteiger partial charge is 0.461 e. The van der Waals surface area contributed by atoms with Crippen LogP contribution in [0, 0.1) is 6.92 Å². The number of nitrogens with two attached hydrogens (primary N) is 1. The first kappa shape index (κ1) is 13.5. The molecule has 0 aliphatic heterocycles. The number of carbonyl (C=O) groups is 1. The third-order valence-corrected chi connectivity index (χ3v) is 2.19. The van der Waals surface area contributed by atoms with Gasteiger partial charge in [0, 0.05) is 23.4 Å². The molecule has 1 aromatic rings. The molecule has 1 aromatic heterocycles. The number of aryl methyl sites for hydroxylation is 1. The standard InChI is InChI=1S/C11H14F2N2O2/c1-3-17-11(16)9-8(5-14)7(10(12)13)4-6(2)15-9/h4,10H,3,5,14H2,1-2H3. The van der Waals surface area contributed by atoms with Crippen molar-refractivity contribution < 1.29 is 18.3 Å². The Morgan fingerprint density at radius 2 is 2.24 bits per heavy atom. The number of esters is 1. The van der Waals surface area contributed by atoms with E-state index in [4.69, 9.17) is 10.5 Å². The topological polar surface area (TPSA) is 65.2 Å². The van der Waals surface area contributed by atoms with Gasteiger partial charge in [-0.3, -0.25) is 0 Å². The van der Waals surface area contributed by atoms with Crippen LogP contribution in [0.4, 0.5) is 8.78 Å². The van der Waals surface area contributed by atoms with Crippen molar-refractivity contribution in [2.45, 2.75) is 26.8 Å². The Balaban J connectivity index is 3.32. The quantitative estimate of drug-likeness (QED) is 0.822. The van der Waals surface area contributed by atoms with Crippen LogP contribution in [0.1, 0.15) is 40.7 Å². The van der Waals surface area contributed by atoms with E-state index in [-0.39, 0.29) is 30.0 Å². The van der Waals surface area contributed by atoms with E-state index in [0.717, 1.165) is 0 Å². The second kappa shape index (κ2) is 5.67.